The van der Waals surface area contributed by atoms with Crippen molar-refractivity contribution in [2.75, 3.05) is 25.2 Å². The molecule has 10 heteroatoms. The Morgan fingerprint density at radius 3 is 2.20 bits per heavy atom. The standard InChI is InChI=1S/C30H49N3O6S/c1-9-38-25(34)17-19-31-27(35)26(23-13-11-10-12-14-23)33(22(4)16-15-21(2)3)28(36)24(18-20-40-8)32-29(37)39-30(5,6)7/h10-14,21-22,24,26H,9,15-20H2,1-8H3,(H,31,35)(H,32,37). The fraction of sp³-hybridized carbons (Fsp3) is 0.667. The molecule has 3 unspecified atom stereocenters. The summed E-state index contributed by atoms with van der Waals surface area (Å²) in [6, 6.07) is 6.94. The van der Waals surface area contributed by atoms with Gasteiger partial charge >= 0.3 is 12.1 Å². The summed E-state index contributed by atoms with van der Waals surface area (Å²) in [6.45, 7) is 13.5. The lowest BCUT2D eigenvalue weighted by Crippen LogP contribution is -2.55. The van der Waals surface area contributed by atoms with E-state index in [1.807, 2.05) is 43.5 Å². The van der Waals surface area contributed by atoms with Gasteiger partial charge in [-0.25, -0.2) is 4.79 Å². The molecular weight excluding hydrogens is 530 g/mol. The van der Waals surface area contributed by atoms with E-state index in [1.165, 1.54) is 0 Å². The predicted octanol–water partition coefficient (Wildman–Crippen LogP) is 5.10. The monoisotopic (exact) mass is 579 g/mol. The fourth-order valence-electron chi connectivity index (χ4n) is 4.13. The minimum atomic E-state index is -0.963. The number of rotatable bonds is 16. The largest absolute Gasteiger partial charge is 0.466 e. The second-order valence-electron chi connectivity index (χ2n) is 11.2. The summed E-state index contributed by atoms with van der Waals surface area (Å²) in [5.74, 6) is -0.134. The number of ether oxygens (including phenoxy) is 2. The van der Waals surface area contributed by atoms with Crippen LogP contribution in [0.25, 0.3) is 0 Å². The number of benzene rings is 1. The normalized spacial score (nSPS) is 13.6. The molecule has 0 fully saturated rings. The fourth-order valence-corrected chi connectivity index (χ4v) is 4.60. The highest BCUT2D eigenvalue weighted by molar-refractivity contribution is 7.98. The van der Waals surface area contributed by atoms with Gasteiger partial charge in [0, 0.05) is 12.6 Å². The summed E-state index contributed by atoms with van der Waals surface area (Å²) in [6.07, 6.45) is 3.17. The average molecular weight is 580 g/mol. The van der Waals surface area contributed by atoms with E-state index in [-0.39, 0.29) is 31.5 Å². The van der Waals surface area contributed by atoms with Crippen LogP contribution in [0.15, 0.2) is 30.3 Å². The molecule has 0 spiro atoms. The topological polar surface area (TPSA) is 114 Å². The zero-order valence-corrected chi connectivity index (χ0v) is 26.3. The molecule has 0 aliphatic rings. The van der Waals surface area contributed by atoms with Crippen LogP contribution >= 0.6 is 11.8 Å². The Balaban J connectivity index is 3.46. The number of thioether (sulfide) groups is 1. The second-order valence-corrected chi connectivity index (χ2v) is 12.2. The van der Waals surface area contributed by atoms with Crippen molar-refractivity contribution in [3.05, 3.63) is 35.9 Å². The van der Waals surface area contributed by atoms with Gasteiger partial charge in [-0.1, -0.05) is 44.2 Å². The van der Waals surface area contributed by atoms with E-state index >= 15 is 0 Å². The smallest absolute Gasteiger partial charge is 0.408 e. The Bertz CT molecular complexity index is 935. The maximum Gasteiger partial charge on any atom is 0.408 e. The summed E-state index contributed by atoms with van der Waals surface area (Å²) >= 11 is 1.56. The lowest BCUT2D eigenvalue weighted by molar-refractivity contribution is -0.146. The maximum atomic E-state index is 14.3. The Morgan fingerprint density at radius 1 is 1.00 bits per heavy atom. The summed E-state index contributed by atoms with van der Waals surface area (Å²) in [5.41, 5.74) is -0.0888. The number of amides is 3. The second kappa shape index (κ2) is 17.8. The van der Waals surface area contributed by atoms with Crippen LogP contribution in [0.2, 0.25) is 0 Å². The molecular formula is C30H49N3O6S. The van der Waals surface area contributed by atoms with Crippen molar-refractivity contribution < 1.29 is 28.7 Å². The Morgan fingerprint density at radius 2 is 1.65 bits per heavy atom. The molecule has 226 valence electrons. The Kier molecular flexibility index (Phi) is 15.7. The van der Waals surface area contributed by atoms with E-state index in [4.69, 9.17) is 9.47 Å². The highest BCUT2D eigenvalue weighted by Gasteiger charge is 2.38. The van der Waals surface area contributed by atoms with Crippen LogP contribution in [0.3, 0.4) is 0 Å². The third-order valence-corrected chi connectivity index (χ3v) is 6.71. The Labute approximate surface area is 244 Å². The highest BCUT2D eigenvalue weighted by Crippen LogP contribution is 2.28. The number of alkyl carbamates (subject to hydrolysis) is 1. The predicted molar refractivity (Wildman–Crippen MR) is 160 cm³/mol. The summed E-state index contributed by atoms with van der Waals surface area (Å²) in [7, 11) is 0. The number of carbonyl (C=O) groups is 4. The van der Waals surface area contributed by atoms with Gasteiger partial charge in [-0.15, -0.1) is 0 Å². The number of hydrogen-bond donors (Lipinski definition) is 2. The van der Waals surface area contributed by atoms with E-state index in [9.17, 15) is 19.2 Å². The lowest BCUT2D eigenvalue weighted by atomic mass is 9.97. The first-order valence-electron chi connectivity index (χ1n) is 14.1. The van der Waals surface area contributed by atoms with Gasteiger partial charge in [0.05, 0.1) is 13.0 Å². The van der Waals surface area contributed by atoms with Crippen molar-refractivity contribution in [3.63, 3.8) is 0 Å². The molecule has 0 aliphatic carbocycles. The number of hydrogen-bond acceptors (Lipinski definition) is 7. The third-order valence-electron chi connectivity index (χ3n) is 6.07. The van der Waals surface area contributed by atoms with Gasteiger partial charge in [-0.3, -0.25) is 14.4 Å². The third kappa shape index (κ3) is 13.1. The van der Waals surface area contributed by atoms with Crippen LogP contribution in [-0.4, -0.2) is 71.6 Å². The zero-order chi connectivity index (χ0) is 30.3. The van der Waals surface area contributed by atoms with E-state index < -0.39 is 35.7 Å². The van der Waals surface area contributed by atoms with Crippen molar-refractivity contribution in [1.82, 2.24) is 15.5 Å². The van der Waals surface area contributed by atoms with E-state index in [2.05, 4.69) is 24.5 Å². The van der Waals surface area contributed by atoms with Crippen molar-refractivity contribution in [2.45, 2.75) is 97.9 Å². The molecule has 1 rings (SSSR count). The number of nitrogens with one attached hydrogen (secondary N) is 2. The van der Waals surface area contributed by atoms with Gasteiger partial charge in [-0.05, 0) is 77.4 Å². The lowest BCUT2D eigenvalue weighted by Gasteiger charge is -2.39. The summed E-state index contributed by atoms with van der Waals surface area (Å²) < 4.78 is 10.4. The number of carbonyl (C=O) groups excluding carboxylic acids is 4. The maximum absolute atomic E-state index is 14.3. The first-order chi connectivity index (χ1) is 18.8. The highest BCUT2D eigenvalue weighted by atomic mass is 32.2. The molecule has 0 saturated heterocycles. The molecule has 0 aliphatic heterocycles. The van der Waals surface area contributed by atoms with Gasteiger partial charge in [0.1, 0.15) is 17.7 Å². The molecule has 40 heavy (non-hydrogen) atoms. The molecule has 0 radical (unpaired) electrons. The van der Waals surface area contributed by atoms with Gasteiger partial charge in [-0.2, -0.15) is 11.8 Å². The van der Waals surface area contributed by atoms with Crippen molar-refractivity contribution in [3.8, 4) is 0 Å². The Hall–Kier alpha value is -2.75. The molecule has 0 heterocycles. The van der Waals surface area contributed by atoms with Gasteiger partial charge in [0.2, 0.25) is 11.8 Å². The summed E-state index contributed by atoms with van der Waals surface area (Å²) in [5, 5.41) is 5.60. The van der Waals surface area contributed by atoms with Crippen LogP contribution in [0.4, 0.5) is 4.79 Å². The van der Waals surface area contributed by atoms with Gasteiger partial charge < -0.3 is 25.0 Å². The number of nitrogens with zero attached hydrogens (tertiary/aromatic N) is 1. The summed E-state index contributed by atoms with van der Waals surface area (Å²) in [4.78, 5) is 54.3. The zero-order valence-electron chi connectivity index (χ0n) is 25.5. The number of esters is 1. The van der Waals surface area contributed by atoms with Gasteiger partial charge in [0.25, 0.3) is 0 Å². The molecule has 0 aromatic heterocycles. The quantitative estimate of drug-likeness (QED) is 0.262. The first-order valence-corrected chi connectivity index (χ1v) is 15.5. The first kappa shape index (κ1) is 35.3. The minimum Gasteiger partial charge on any atom is -0.466 e. The molecule has 9 nitrogen and oxygen atoms in total. The van der Waals surface area contributed by atoms with Crippen LogP contribution in [0.1, 0.15) is 85.8 Å². The molecule has 1 aromatic rings. The van der Waals surface area contributed by atoms with E-state index in [1.54, 1.807) is 44.4 Å². The van der Waals surface area contributed by atoms with Gasteiger partial charge in [0.15, 0.2) is 0 Å². The SMILES string of the molecule is CCOC(=O)CCNC(=O)C(c1ccccc1)N(C(=O)C(CCSC)NC(=O)OC(C)(C)C)C(C)CCC(C)C. The molecule has 3 amide bonds. The molecule has 0 bridgehead atoms. The molecule has 0 saturated carbocycles. The van der Waals surface area contributed by atoms with Crippen LogP contribution < -0.4 is 10.6 Å². The average Bonchev–Trinajstić information content (AvgIpc) is 2.87. The van der Waals surface area contributed by atoms with E-state index in [0.717, 1.165) is 6.42 Å². The van der Waals surface area contributed by atoms with Crippen molar-refractivity contribution in [1.29, 1.82) is 0 Å². The minimum absolute atomic E-state index is 0.0223. The molecule has 2 N–H and O–H groups in total. The van der Waals surface area contributed by atoms with Crippen LogP contribution in [0, 0.1) is 5.92 Å². The van der Waals surface area contributed by atoms with Crippen molar-refractivity contribution >= 4 is 35.6 Å². The van der Waals surface area contributed by atoms with E-state index in [0.29, 0.717) is 30.1 Å². The van der Waals surface area contributed by atoms with Crippen molar-refractivity contribution in [2.24, 2.45) is 5.92 Å². The molecule has 1 aromatic carbocycles. The van der Waals surface area contributed by atoms with Crippen LogP contribution in [-0.2, 0) is 23.9 Å². The van der Waals surface area contributed by atoms with Crippen LogP contribution in [0.5, 0.6) is 0 Å². The molecule has 3 atom stereocenters.